The van der Waals surface area contributed by atoms with Gasteiger partial charge in [-0.15, -0.1) is 0 Å². The number of ether oxygens (including phenoxy) is 3. The average Bonchev–Trinajstić information content (AvgIpc) is 3.46. The van der Waals surface area contributed by atoms with Crippen molar-refractivity contribution in [2.24, 2.45) is 7.05 Å². The van der Waals surface area contributed by atoms with Crippen LogP contribution in [0.15, 0.2) is 77.7 Å². The molecular formula is C29H30N4O4. The topological polar surface area (TPSA) is 83.3 Å². The molecule has 0 amide bonds. The molecule has 5 rings (SSSR count). The molecular weight excluding hydrogens is 468 g/mol. The summed E-state index contributed by atoms with van der Waals surface area (Å²) in [5.41, 5.74) is 3.07. The molecule has 2 aromatic heterocycles. The van der Waals surface area contributed by atoms with Crippen LogP contribution in [0.3, 0.4) is 0 Å². The summed E-state index contributed by atoms with van der Waals surface area (Å²) in [7, 11) is 1.99. The SMILES string of the molecule is CCOCOc1cc(Oc2ccccc2)c(-c2n[nH]c(=O)n2-c2ccc3c(ccn3C)c2)cc1C(C)C. The summed E-state index contributed by atoms with van der Waals surface area (Å²) in [6.45, 7) is 6.78. The lowest BCUT2D eigenvalue weighted by molar-refractivity contribution is 0.0216. The van der Waals surface area contributed by atoms with Crippen molar-refractivity contribution in [2.75, 3.05) is 13.4 Å². The third-order valence-corrected chi connectivity index (χ3v) is 6.25. The maximum atomic E-state index is 13.0. The summed E-state index contributed by atoms with van der Waals surface area (Å²) >= 11 is 0. The van der Waals surface area contributed by atoms with Crippen LogP contribution in [0, 0.1) is 0 Å². The highest BCUT2D eigenvalue weighted by molar-refractivity contribution is 5.82. The number of nitrogens with zero attached hydrogens (tertiary/aromatic N) is 3. The lowest BCUT2D eigenvalue weighted by atomic mass is 9.98. The van der Waals surface area contributed by atoms with Gasteiger partial charge in [-0.2, -0.15) is 5.10 Å². The predicted octanol–water partition coefficient (Wildman–Crippen LogP) is 6.01. The Morgan fingerprint density at radius 3 is 2.57 bits per heavy atom. The quantitative estimate of drug-likeness (QED) is 0.199. The summed E-state index contributed by atoms with van der Waals surface area (Å²) in [4.78, 5) is 13.0. The van der Waals surface area contributed by atoms with E-state index in [1.807, 2.05) is 91.5 Å². The van der Waals surface area contributed by atoms with Crippen molar-refractivity contribution in [1.82, 2.24) is 19.3 Å². The molecule has 5 aromatic rings. The zero-order chi connectivity index (χ0) is 25.9. The van der Waals surface area contributed by atoms with Crippen molar-refractivity contribution in [1.29, 1.82) is 0 Å². The highest BCUT2D eigenvalue weighted by Crippen LogP contribution is 2.40. The Balaban J connectivity index is 1.69. The van der Waals surface area contributed by atoms with Crippen LogP contribution in [-0.4, -0.2) is 32.7 Å². The van der Waals surface area contributed by atoms with E-state index in [2.05, 4.69) is 24.0 Å². The Kier molecular flexibility index (Phi) is 6.83. The normalized spacial score (nSPS) is 11.4. The maximum absolute atomic E-state index is 13.0. The van der Waals surface area contributed by atoms with Gasteiger partial charge in [-0.1, -0.05) is 32.0 Å². The minimum Gasteiger partial charge on any atom is -0.467 e. The van der Waals surface area contributed by atoms with Crippen molar-refractivity contribution < 1.29 is 14.2 Å². The molecule has 0 bridgehead atoms. The number of aromatic nitrogens is 4. The number of fused-ring (bicyclic) bond motifs is 1. The predicted molar refractivity (Wildman–Crippen MR) is 144 cm³/mol. The molecule has 190 valence electrons. The number of hydrogen-bond donors (Lipinski definition) is 1. The number of aryl methyl sites for hydroxylation is 1. The van der Waals surface area contributed by atoms with E-state index in [1.165, 1.54) is 0 Å². The zero-order valence-electron chi connectivity index (χ0n) is 21.4. The molecule has 0 unspecified atom stereocenters. The zero-order valence-corrected chi connectivity index (χ0v) is 21.4. The van der Waals surface area contributed by atoms with Crippen LogP contribution in [0.4, 0.5) is 0 Å². The van der Waals surface area contributed by atoms with Gasteiger partial charge < -0.3 is 18.8 Å². The van der Waals surface area contributed by atoms with Gasteiger partial charge in [0.2, 0.25) is 0 Å². The van der Waals surface area contributed by atoms with Crippen molar-refractivity contribution >= 4 is 10.9 Å². The monoisotopic (exact) mass is 498 g/mol. The van der Waals surface area contributed by atoms with Crippen molar-refractivity contribution in [3.63, 3.8) is 0 Å². The minimum absolute atomic E-state index is 0.130. The van der Waals surface area contributed by atoms with Crippen LogP contribution in [0.25, 0.3) is 28.0 Å². The van der Waals surface area contributed by atoms with Crippen molar-refractivity contribution in [3.05, 3.63) is 89.0 Å². The molecule has 8 nitrogen and oxygen atoms in total. The molecule has 3 aromatic carbocycles. The Hall–Kier alpha value is -4.30. The first kappa shape index (κ1) is 24.4. The summed E-state index contributed by atoms with van der Waals surface area (Å²) < 4.78 is 21.4. The lowest BCUT2D eigenvalue weighted by Gasteiger charge is -2.19. The lowest BCUT2D eigenvalue weighted by Crippen LogP contribution is -2.16. The van der Waals surface area contributed by atoms with Gasteiger partial charge in [-0.25, -0.2) is 14.5 Å². The Labute approximate surface area is 215 Å². The van der Waals surface area contributed by atoms with Gasteiger partial charge in [0.25, 0.3) is 0 Å². The minimum atomic E-state index is -0.335. The molecule has 0 spiro atoms. The number of H-pyrrole nitrogens is 1. The number of rotatable bonds is 9. The molecule has 0 atom stereocenters. The fourth-order valence-corrected chi connectivity index (χ4v) is 4.34. The van der Waals surface area contributed by atoms with E-state index < -0.39 is 0 Å². The molecule has 0 saturated carbocycles. The molecule has 37 heavy (non-hydrogen) atoms. The highest BCUT2D eigenvalue weighted by atomic mass is 16.7. The third-order valence-electron chi connectivity index (χ3n) is 6.25. The largest absolute Gasteiger partial charge is 0.467 e. The van der Waals surface area contributed by atoms with Crippen LogP contribution in [0.1, 0.15) is 32.3 Å². The van der Waals surface area contributed by atoms with Crippen molar-refractivity contribution in [2.45, 2.75) is 26.7 Å². The molecule has 0 saturated heterocycles. The highest BCUT2D eigenvalue weighted by Gasteiger charge is 2.22. The molecule has 0 aliphatic heterocycles. The number of benzene rings is 3. The molecule has 8 heteroatoms. The second kappa shape index (κ2) is 10.4. The summed E-state index contributed by atoms with van der Waals surface area (Å²) in [5, 5.41) is 8.09. The number of para-hydroxylation sites is 1. The average molecular weight is 499 g/mol. The van der Waals surface area contributed by atoms with E-state index in [0.717, 1.165) is 16.5 Å². The summed E-state index contributed by atoms with van der Waals surface area (Å²) in [5.74, 6) is 2.42. The number of hydrogen-bond acceptors (Lipinski definition) is 5. The van der Waals surface area contributed by atoms with Crippen LogP contribution < -0.4 is 15.2 Å². The van der Waals surface area contributed by atoms with Gasteiger partial charge in [0.05, 0.1) is 11.3 Å². The second-order valence-corrected chi connectivity index (χ2v) is 9.07. The Morgan fingerprint density at radius 1 is 1.00 bits per heavy atom. The maximum Gasteiger partial charge on any atom is 0.348 e. The number of aromatic amines is 1. The summed E-state index contributed by atoms with van der Waals surface area (Å²) in [6, 6.07) is 21.3. The van der Waals surface area contributed by atoms with Crippen LogP contribution >= 0.6 is 0 Å². The van der Waals surface area contributed by atoms with E-state index in [-0.39, 0.29) is 18.4 Å². The van der Waals surface area contributed by atoms with Gasteiger partial charge in [0, 0.05) is 36.8 Å². The molecule has 0 fully saturated rings. The first-order valence-electron chi connectivity index (χ1n) is 12.3. The second-order valence-electron chi connectivity index (χ2n) is 9.07. The fraction of sp³-hybridized carbons (Fsp3) is 0.241. The standard InChI is InChI=1S/C29H30N4O4/c1-5-35-18-36-26-17-27(37-22-9-7-6-8-10-22)24(16-23(26)19(2)3)28-30-31-29(34)33(28)21-11-12-25-20(15-21)13-14-32(25)4/h6-17,19H,5,18H2,1-4H3,(H,31,34). The molecule has 0 radical (unpaired) electrons. The smallest absolute Gasteiger partial charge is 0.348 e. The van der Waals surface area contributed by atoms with Gasteiger partial charge in [-0.3, -0.25) is 0 Å². The Morgan fingerprint density at radius 2 is 1.81 bits per heavy atom. The fourth-order valence-electron chi connectivity index (χ4n) is 4.34. The molecule has 2 heterocycles. The molecule has 0 aliphatic carbocycles. The van der Waals surface area contributed by atoms with E-state index in [1.54, 1.807) is 4.57 Å². The van der Waals surface area contributed by atoms with E-state index >= 15 is 0 Å². The van der Waals surface area contributed by atoms with Gasteiger partial charge in [0.15, 0.2) is 12.6 Å². The number of nitrogens with one attached hydrogen (secondary N) is 1. The van der Waals surface area contributed by atoms with Crippen molar-refractivity contribution in [3.8, 4) is 34.3 Å². The Bertz CT molecular complexity index is 1580. The van der Waals surface area contributed by atoms with E-state index in [0.29, 0.717) is 40.9 Å². The first-order valence-corrected chi connectivity index (χ1v) is 12.3. The third kappa shape index (κ3) is 4.88. The summed E-state index contributed by atoms with van der Waals surface area (Å²) in [6.07, 6.45) is 2.00. The first-order chi connectivity index (χ1) is 18.0. The van der Waals surface area contributed by atoms with E-state index in [4.69, 9.17) is 14.2 Å². The molecule has 1 N–H and O–H groups in total. The van der Waals surface area contributed by atoms with E-state index in [9.17, 15) is 4.79 Å². The van der Waals surface area contributed by atoms with Crippen LogP contribution in [0.2, 0.25) is 0 Å². The molecule has 0 aliphatic rings. The van der Waals surface area contributed by atoms with Gasteiger partial charge >= 0.3 is 5.69 Å². The van der Waals surface area contributed by atoms with Crippen LogP contribution in [0.5, 0.6) is 17.2 Å². The van der Waals surface area contributed by atoms with Gasteiger partial charge in [-0.05, 0) is 60.9 Å². The van der Waals surface area contributed by atoms with Crippen LogP contribution in [-0.2, 0) is 11.8 Å². The van der Waals surface area contributed by atoms with Gasteiger partial charge in [0.1, 0.15) is 17.2 Å².